The van der Waals surface area contributed by atoms with Crippen molar-refractivity contribution >= 4 is 40.7 Å². The molecule has 0 bridgehead atoms. The predicted molar refractivity (Wildman–Crippen MR) is 94.6 cm³/mol. The molecular weight excluding hydrogens is 335 g/mol. The van der Waals surface area contributed by atoms with E-state index in [9.17, 15) is 4.79 Å². The van der Waals surface area contributed by atoms with Gasteiger partial charge in [-0.05, 0) is 18.6 Å². The van der Waals surface area contributed by atoms with Crippen molar-refractivity contribution in [1.29, 1.82) is 0 Å². The molecule has 1 aromatic heterocycles. The standard InChI is InChI=1S/C16H18Cl2N4O/c1-3-4-8-22(2)16-19-9-11(10-20-16)15(23)21-13-7-5-6-12(17)14(13)18/h5-7,9-10H,3-4,8H2,1-2H3,(H,21,23). The zero-order valence-corrected chi connectivity index (χ0v) is 14.5. The molecule has 1 aromatic carbocycles. The first kappa shape index (κ1) is 17.5. The number of nitrogens with zero attached hydrogens (tertiary/aromatic N) is 3. The number of carbonyl (C=O) groups excluding carboxylic acids is 1. The van der Waals surface area contributed by atoms with Crippen LogP contribution in [0.5, 0.6) is 0 Å². The molecule has 0 unspecified atom stereocenters. The Balaban J connectivity index is 2.07. The summed E-state index contributed by atoms with van der Waals surface area (Å²) in [6.07, 6.45) is 5.16. The molecule has 0 radical (unpaired) electrons. The quantitative estimate of drug-likeness (QED) is 0.843. The first-order chi connectivity index (χ1) is 11.0. The maximum absolute atomic E-state index is 12.2. The van der Waals surface area contributed by atoms with Gasteiger partial charge in [0.05, 0.1) is 21.3 Å². The van der Waals surface area contributed by atoms with Crippen molar-refractivity contribution in [3.05, 3.63) is 46.2 Å². The van der Waals surface area contributed by atoms with Crippen LogP contribution in [0.2, 0.25) is 10.0 Å². The lowest BCUT2D eigenvalue weighted by atomic mass is 10.2. The molecule has 1 heterocycles. The van der Waals surface area contributed by atoms with Crippen LogP contribution in [0.3, 0.4) is 0 Å². The SMILES string of the molecule is CCCCN(C)c1ncc(C(=O)Nc2cccc(Cl)c2Cl)cn1. The number of unbranched alkanes of at least 4 members (excludes halogenated alkanes) is 1. The van der Waals surface area contributed by atoms with Gasteiger partial charge in [0.2, 0.25) is 5.95 Å². The maximum Gasteiger partial charge on any atom is 0.258 e. The molecule has 0 fully saturated rings. The van der Waals surface area contributed by atoms with E-state index in [0.717, 1.165) is 19.4 Å². The van der Waals surface area contributed by atoms with Crippen molar-refractivity contribution in [3.63, 3.8) is 0 Å². The van der Waals surface area contributed by atoms with E-state index in [1.54, 1.807) is 18.2 Å². The summed E-state index contributed by atoms with van der Waals surface area (Å²) in [5.41, 5.74) is 0.807. The lowest BCUT2D eigenvalue weighted by molar-refractivity contribution is 0.102. The fourth-order valence-corrected chi connectivity index (χ4v) is 2.27. The average Bonchev–Trinajstić information content (AvgIpc) is 2.57. The highest BCUT2D eigenvalue weighted by Crippen LogP contribution is 2.29. The minimum Gasteiger partial charge on any atom is -0.344 e. The molecule has 23 heavy (non-hydrogen) atoms. The van der Waals surface area contributed by atoms with Crippen LogP contribution in [-0.4, -0.2) is 29.5 Å². The molecule has 7 heteroatoms. The van der Waals surface area contributed by atoms with Gasteiger partial charge in [0, 0.05) is 26.0 Å². The fourth-order valence-electron chi connectivity index (χ4n) is 1.93. The lowest BCUT2D eigenvalue weighted by Gasteiger charge is -2.16. The molecule has 5 nitrogen and oxygen atoms in total. The second-order valence-corrected chi connectivity index (χ2v) is 5.89. The second-order valence-electron chi connectivity index (χ2n) is 5.10. The van der Waals surface area contributed by atoms with Crippen LogP contribution in [-0.2, 0) is 0 Å². The molecule has 0 atom stereocenters. The van der Waals surface area contributed by atoms with E-state index in [2.05, 4.69) is 22.2 Å². The number of aromatic nitrogens is 2. The molecule has 0 aliphatic carbocycles. The minimum absolute atomic E-state index is 0.305. The molecule has 0 spiro atoms. The first-order valence-corrected chi connectivity index (χ1v) is 8.07. The van der Waals surface area contributed by atoms with Gasteiger partial charge in [-0.15, -0.1) is 0 Å². The van der Waals surface area contributed by atoms with Crippen LogP contribution < -0.4 is 10.2 Å². The Morgan fingerprint density at radius 2 is 1.96 bits per heavy atom. The van der Waals surface area contributed by atoms with Gasteiger partial charge < -0.3 is 10.2 Å². The van der Waals surface area contributed by atoms with E-state index in [-0.39, 0.29) is 5.91 Å². The van der Waals surface area contributed by atoms with E-state index in [4.69, 9.17) is 23.2 Å². The minimum atomic E-state index is -0.336. The van der Waals surface area contributed by atoms with Crippen LogP contribution in [0.25, 0.3) is 0 Å². The molecular formula is C16H18Cl2N4O. The first-order valence-electron chi connectivity index (χ1n) is 7.31. The predicted octanol–water partition coefficient (Wildman–Crippen LogP) is 4.27. The van der Waals surface area contributed by atoms with Crippen LogP contribution in [0, 0.1) is 0 Å². The van der Waals surface area contributed by atoms with Gasteiger partial charge in [-0.1, -0.05) is 42.6 Å². The van der Waals surface area contributed by atoms with E-state index in [0.29, 0.717) is 27.2 Å². The topological polar surface area (TPSA) is 58.1 Å². The molecule has 2 aromatic rings. The number of anilines is 2. The zero-order chi connectivity index (χ0) is 16.8. The third-order valence-corrected chi connectivity index (χ3v) is 4.11. The molecule has 1 N–H and O–H groups in total. The van der Waals surface area contributed by atoms with Gasteiger partial charge in [0.25, 0.3) is 5.91 Å². The third-order valence-electron chi connectivity index (χ3n) is 3.29. The van der Waals surface area contributed by atoms with Crippen LogP contribution in [0.4, 0.5) is 11.6 Å². The average molecular weight is 353 g/mol. The summed E-state index contributed by atoms with van der Waals surface area (Å²) in [5, 5.41) is 3.39. The highest BCUT2D eigenvalue weighted by Gasteiger charge is 2.12. The number of rotatable bonds is 6. The maximum atomic E-state index is 12.2. The van der Waals surface area contributed by atoms with Gasteiger partial charge >= 0.3 is 0 Å². The van der Waals surface area contributed by atoms with Gasteiger partial charge in [-0.25, -0.2) is 9.97 Å². The fraction of sp³-hybridized carbons (Fsp3) is 0.312. The summed E-state index contributed by atoms with van der Waals surface area (Å²) >= 11 is 12.0. The zero-order valence-electron chi connectivity index (χ0n) is 13.0. The molecule has 0 saturated carbocycles. The normalized spacial score (nSPS) is 10.4. The number of nitrogens with one attached hydrogen (secondary N) is 1. The number of amides is 1. The van der Waals surface area contributed by atoms with E-state index >= 15 is 0 Å². The van der Waals surface area contributed by atoms with Crippen LogP contribution >= 0.6 is 23.2 Å². The van der Waals surface area contributed by atoms with Crippen molar-refractivity contribution < 1.29 is 4.79 Å². The molecule has 122 valence electrons. The summed E-state index contributed by atoms with van der Waals surface area (Å²) in [5.74, 6) is 0.257. The summed E-state index contributed by atoms with van der Waals surface area (Å²) in [7, 11) is 1.93. The number of halogens is 2. The highest BCUT2D eigenvalue weighted by atomic mass is 35.5. The Hall–Kier alpha value is -1.85. The van der Waals surface area contributed by atoms with Crippen LogP contribution in [0.15, 0.2) is 30.6 Å². The van der Waals surface area contributed by atoms with Crippen LogP contribution in [0.1, 0.15) is 30.1 Å². The van der Waals surface area contributed by atoms with E-state index < -0.39 is 0 Å². The summed E-state index contributed by atoms with van der Waals surface area (Å²) in [4.78, 5) is 22.6. The molecule has 1 amide bonds. The smallest absolute Gasteiger partial charge is 0.258 e. The Bertz CT molecular complexity index is 676. The third kappa shape index (κ3) is 4.56. The largest absolute Gasteiger partial charge is 0.344 e. The lowest BCUT2D eigenvalue weighted by Crippen LogP contribution is -2.21. The Labute approximate surface area is 145 Å². The van der Waals surface area contributed by atoms with E-state index in [1.807, 2.05) is 11.9 Å². The van der Waals surface area contributed by atoms with Crippen molar-refractivity contribution in [1.82, 2.24) is 9.97 Å². The number of carbonyl (C=O) groups is 1. The number of hydrogen-bond donors (Lipinski definition) is 1. The van der Waals surface area contributed by atoms with Gasteiger partial charge in [0.15, 0.2) is 0 Å². The van der Waals surface area contributed by atoms with Crippen molar-refractivity contribution in [3.8, 4) is 0 Å². The summed E-state index contributed by atoms with van der Waals surface area (Å²) in [6.45, 7) is 3.00. The van der Waals surface area contributed by atoms with E-state index in [1.165, 1.54) is 12.4 Å². The highest BCUT2D eigenvalue weighted by molar-refractivity contribution is 6.44. The summed E-state index contributed by atoms with van der Waals surface area (Å²) in [6, 6.07) is 5.05. The molecule has 2 rings (SSSR count). The van der Waals surface area contributed by atoms with Gasteiger partial charge in [-0.3, -0.25) is 4.79 Å². The van der Waals surface area contributed by atoms with Crippen molar-refractivity contribution in [2.24, 2.45) is 0 Å². The number of benzene rings is 1. The Kier molecular flexibility index (Phi) is 6.19. The molecule has 0 saturated heterocycles. The molecule has 0 aliphatic heterocycles. The number of hydrogen-bond acceptors (Lipinski definition) is 4. The second kappa shape index (κ2) is 8.13. The summed E-state index contributed by atoms with van der Waals surface area (Å²) < 4.78 is 0. The van der Waals surface area contributed by atoms with Crippen molar-refractivity contribution in [2.75, 3.05) is 23.8 Å². The molecule has 0 aliphatic rings. The van der Waals surface area contributed by atoms with Crippen molar-refractivity contribution in [2.45, 2.75) is 19.8 Å². The monoisotopic (exact) mass is 352 g/mol. The van der Waals surface area contributed by atoms with Gasteiger partial charge in [0.1, 0.15) is 0 Å². The Morgan fingerprint density at radius 1 is 1.26 bits per heavy atom. The van der Waals surface area contributed by atoms with Gasteiger partial charge in [-0.2, -0.15) is 0 Å². The Morgan fingerprint density at radius 3 is 2.61 bits per heavy atom.